The first-order chi connectivity index (χ1) is 9.13. The van der Waals surface area contributed by atoms with Gasteiger partial charge in [-0.05, 0) is 43.5 Å². The zero-order valence-electron chi connectivity index (χ0n) is 12.1. The third-order valence-corrected chi connectivity index (χ3v) is 2.88. The van der Waals surface area contributed by atoms with Gasteiger partial charge in [-0.15, -0.1) is 0 Å². The summed E-state index contributed by atoms with van der Waals surface area (Å²) >= 11 is 0. The van der Waals surface area contributed by atoms with E-state index in [2.05, 4.69) is 32.2 Å². The molecule has 1 aromatic rings. The molecule has 104 valence electrons. The van der Waals surface area contributed by atoms with Crippen LogP contribution < -0.4 is 5.32 Å². The molecule has 3 heteroatoms. The summed E-state index contributed by atoms with van der Waals surface area (Å²) in [4.78, 5) is 0. The molecule has 0 aromatic heterocycles. The fourth-order valence-corrected chi connectivity index (χ4v) is 1.81. The largest absolute Gasteiger partial charge is 0.381 e. The highest BCUT2D eigenvalue weighted by Crippen LogP contribution is 2.13. The molecule has 0 aliphatic heterocycles. The third-order valence-electron chi connectivity index (χ3n) is 2.88. The number of rotatable bonds is 8. The maximum absolute atomic E-state index is 8.87. The molecule has 1 unspecified atom stereocenters. The van der Waals surface area contributed by atoms with Gasteiger partial charge < -0.3 is 10.1 Å². The fourth-order valence-electron chi connectivity index (χ4n) is 1.81. The molecule has 1 rings (SSSR count). The summed E-state index contributed by atoms with van der Waals surface area (Å²) in [6.07, 6.45) is 1.01. The quantitative estimate of drug-likeness (QED) is 0.730. The van der Waals surface area contributed by atoms with Crippen LogP contribution in [0.1, 0.15) is 44.4 Å². The Bertz CT molecular complexity index is 409. The summed E-state index contributed by atoms with van der Waals surface area (Å²) in [6.45, 7) is 8.99. The van der Waals surface area contributed by atoms with Gasteiger partial charge in [0, 0.05) is 19.3 Å². The summed E-state index contributed by atoms with van der Waals surface area (Å²) in [6, 6.07) is 10.2. The number of nitriles is 1. The minimum absolute atomic E-state index is 0.262. The molecule has 0 saturated carbocycles. The Balaban J connectivity index is 2.24. The van der Waals surface area contributed by atoms with Gasteiger partial charge in [0.05, 0.1) is 11.6 Å². The van der Waals surface area contributed by atoms with Crippen LogP contribution >= 0.6 is 0 Å². The number of hydrogen-bond acceptors (Lipinski definition) is 3. The van der Waals surface area contributed by atoms with Crippen LogP contribution in [0.5, 0.6) is 0 Å². The van der Waals surface area contributed by atoms with Crippen molar-refractivity contribution in [1.82, 2.24) is 5.32 Å². The van der Waals surface area contributed by atoms with E-state index in [1.54, 1.807) is 0 Å². The predicted octanol–water partition coefficient (Wildman–Crippen LogP) is 3.27. The van der Waals surface area contributed by atoms with Crippen LogP contribution in [0.3, 0.4) is 0 Å². The summed E-state index contributed by atoms with van der Waals surface area (Å²) in [7, 11) is 0. The molecular weight excluding hydrogens is 236 g/mol. The Hall–Kier alpha value is -1.37. The Morgan fingerprint density at radius 2 is 2.11 bits per heavy atom. The lowest BCUT2D eigenvalue weighted by Crippen LogP contribution is -2.21. The third kappa shape index (κ3) is 6.37. The van der Waals surface area contributed by atoms with E-state index in [0.29, 0.717) is 11.5 Å². The number of benzene rings is 1. The highest BCUT2D eigenvalue weighted by Gasteiger charge is 2.04. The van der Waals surface area contributed by atoms with Gasteiger partial charge in [-0.1, -0.05) is 26.0 Å². The van der Waals surface area contributed by atoms with Crippen molar-refractivity contribution in [1.29, 1.82) is 5.26 Å². The first kappa shape index (κ1) is 15.7. The monoisotopic (exact) mass is 260 g/mol. The van der Waals surface area contributed by atoms with E-state index in [0.717, 1.165) is 31.7 Å². The van der Waals surface area contributed by atoms with Crippen molar-refractivity contribution in [3.63, 3.8) is 0 Å². The van der Waals surface area contributed by atoms with Gasteiger partial charge in [0.15, 0.2) is 0 Å². The first-order valence-corrected chi connectivity index (χ1v) is 6.94. The van der Waals surface area contributed by atoms with Crippen molar-refractivity contribution in [3.05, 3.63) is 35.4 Å². The van der Waals surface area contributed by atoms with Crippen molar-refractivity contribution in [2.45, 2.75) is 33.2 Å². The van der Waals surface area contributed by atoms with Crippen LogP contribution in [0.15, 0.2) is 24.3 Å². The molecule has 1 N–H and O–H groups in total. The Labute approximate surface area is 116 Å². The summed E-state index contributed by atoms with van der Waals surface area (Å²) in [5.74, 6) is 0.598. The van der Waals surface area contributed by atoms with E-state index in [4.69, 9.17) is 10.00 Å². The molecule has 0 heterocycles. The lowest BCUT2D eigenvalue weighted by molar-refractivity contribution is 0.107. The number of nitrogens with one attached hydrogen (secondary N) is 1. The average molecular weight is 260 g/mol. The molecule has 0 radical (unpaired) electrons. The van der Waals surface area contributed by atoms with E-state index in [-0.39, 0.29) is 6.04 Å². The summed E-state index contributed by atoms with van der Waals surface area (Å²) in [5, 5.41) is 12.3. The minimum atomic E-state index is 0.262. The van der Waals surface area contributed by atoms with Gasteiger partial charge in [0.2, 0.25) is 0 Å². The maximum atomic E-state index is 8.87. The van der Waals surface area contributed by atoms with Crippen LogP contribution in [-0.4, -0.2) is 19.8 Å². The van der Waals surface area contributed by atoms with Crippen molar-refractivity contribution in [2.75, 3.05) is 19.8 Å². The Morgan fingerprint density at radius 1 is 1.32 bits per heavy atom. The molecule has 0 fully saturated rings. The molecule has 1 atom stereocenters. The summed E-state index contributed by atoms with van der Waals surface area (Å²) < 4.78 is 5.54. The van der Waals surface area contributed by atoms with E-state index in [9.17, 15) is 0 Å². The van der Waals surface area contributed by atoms with Gasteiger partial charge in [-0.25, -0.2) is 0 Å². The second-order valence-corrected chi connectivity index (χ2v) is 5.24. The lowest BCUT2D eigenvalue weighted by Gasteiger charge is -2.14. The molecule has 19 heavy (non-hydrogen) atoms. The highest BCUT2D eigenvalue weighted by molar-refractivity contribution is 5.33. The number of hydrogen-bond donors (Lipinski definition) is 1. The van der Waals surface area contributed by atoms with E-state index in [1.165, 1.54) is 0 Å². The fraction of sp³-hybridized carbons (Fsp3) is 0.562. The van der Waals surface area contributed by atoms with Gasteiger partial charge in [-0.2, -0.15) is 5.26 Å². The zero-order chi connectivity index (χ0) is 14.1. The molecule has 3 nitrogen and oxygen atoms in total. The van der Waals surface area contributed by atoms with Gasteiger partial charge >= 0.3 is 0 Å². The normalized spacial score (nSPS) is 12.4. The van der Waals surface area contributed by atoms with Crippen LogP contribution in [0, 0.1) is 17.2 Å². The Morgan fingerprint density at radius 3 is 2.79 bits per heavy atom. The molecule has 0 spiro atoms. The molecule has 1 aromatic carbocycles. The topological polar surface area (TPSA) is 45.0 Å². The second-order valence-electron chi connectivity index (χ2n) is 5.24. The van der Waals surface area contributed by atoms with E-state index >= 15 is 0 Å². The molecule has 0 bridgehead atoms. The average Bonchev–Trinajstić information content (AvgIpc) is 2.42. The second kappa shape index (κ2) is 8.68. The number of nitrogens with zero attached hydrogens (tertiary/aromatic N) is 1. The first-order valence-electron chi connectivity index (χ1n) is 6.94. The van der Waals surface area contributed by atoms with E-state index < -0.39 is 0 Å². The molecule has 0 aliphatic carbocycles. The van der Waals surface area contributed by atoms with Crippen LogP contribution in [-0.2, 0) is 4.74 Å². The molecular formula is C16H24N2O. The van der Waals surface area contributed by atoms with Crippen molar-refractivity contribution < 1.29 is 4.74 Å². The zero-order valence-corrected chi connectivity index (χ0v) is 12.1. The van der Waals surface area contributed by atoms with Crippen LogP contribution in [0.2, 0.25) is 0 Å². The van der Waals surface area contributed by atoms with Gasteiger partial charge in [0.25, 0.3) is 0 Å². The molecule has 0 saturated heterocycles. The van der Waals surface area contributed by atoms with Crippen LogP contribution in [0.4, 0.5) is 0 Å². The SMILES string of the molecule is CC(C)COCCCNC(C)c1cccc(C#N)c1. The molecule has 0 aliphatic rings. The predicted molar refractivity (Wildman–Crippen MR) is 77.8 cm³/mol. The number of ether oxygens (including phenoxy) is 1. The van der Waals surface area contributed by atoms with Gasteiger partial charge in [-0.3, -0.25) is 0 Å². The van der Waals surface area contributed by atoms with E-state index in [1.807, 2.05) is 24.3 Å². The molecule has 0 amide bonds. The lowest BCUT2D eigenvalue weighted by atomic mass is 10.1. The van der Waals surface area contributed by atoms with Crippen molar-refractivity contribution >= 4 is 0 Å². The summed E-state index contributed by atoms with van der Waals surface area (Å²) in [5.41, 5.74) is 1.87. The Kier molecular flexibility index (Phi) is 7.17. The smallest absolute Gasteiger partial charge is 0.0991 e. The standard InChI is InChI=1S/C16H24N2O/c1-13(2)12-19-9-5-8-18-14(3)16-7-4-6-15(10-16)11-17/h4,6-7,10,13-14,18H,5,8-9,12H2,1-3H3. The maximum Gasteiger partial charge on any atom is 0.0991 e. The minimum Gasteiger partial charge on any atom is -0.381 e. The van der Waals surface area contributed by atoms with Crippen molar-refractivity contribution in [2.24, 2.45) is 5.92 Å². The van der Waals surface area contributed by atoms with Crippen molar-refractivity contribution in [3.8, 4) is 6.07 Å². The van der Waals surface area contributed by atoms with Gasteiger partial charge in [0.1, 0.15) is 0 Å². The van der Waals surface area contributed by atoms with Crippen LogP contribution in [0.25, 0.3) is 0 Å². The highest BCUT2D eigenvalue weighted by atomic mass is 16.5.